The average Bonchev–Trinajstić information content (AvgIpc) is 3.54. The number of hydrogen-bond acceptors (Lipinski definition) is 4. The van der Waals surface area contributed by atoms with Crippen LogP contribution >= 0.6 is 0 Å². The highest BCUT2D eigenvalue weighted by atomic mass is 16.5. The molecule has 4 rings (SSSR count). The molecule has 0 bridgehead atoms. The molecule has 142 valence electrons. The molecule has 0 aliphatic heterocycles. The van der Waals surface area contributed by atoms with Crippen LogP contribution in [0.4, 0.5) is 0 Å². The van der Waals surface area contributed by atoms with Gasteiger partial charge in [0.1, 0.15) is 5.75 Å². The quantitative estimate of drug-likeness (QED) is 0.559. The average molecular weight is 374 g/mol. The van der Waals surface area contributed by atoms with E-state index < -0.39 is 11.5 Å². The second-order valence-electron chi connectivity index (χ2n) is 7.80. The zero-order valence-electron chi connectivity index (χ0n) is 16.0. The first-order valence-electron chi connectivity index (χ1n) is 9.50. The first-order chi connectivity index (χ1) is 13.5. The molecule has 1 saturated carbocycles. The number of pyridine rings is 1. The number of hydrogen-bond donors (Lipinski definition) is 0. The van der Waals surface area contributed by atoms with Gasteiger partial charge < -0.3 is 4.74 Å². The maximum Gasteiger partial charge on any atom is 0.328 e. The molecule has 5 nitrogen and oxygen atoms in total. The molecule has 0 unspecified atom stereocenters. The lowest BCUT2D eigenvalue weighted by atomic mass is 9.94. The summed E-state index contributed by atoms with van der Waals surface area (Å²) in [6.45, 7) is 3.08. The van der Waals surface area contributed by atoms with Crippen LogP contribution < -0.4 is 4.74 Å². The summed E-state index contributed by atoms with van der Waals surface area (Å²) in [7, 11) is 0. The van der Waals surface area contributed by atoms with Gasteiger partial charge in [0, 0.05) is 29.6 Å². The molecule has 0 radical (unpaired) electrons. The molecule has 28 heavy (non-hydrogen) atoms. The van der Waals surface area contributed by atoms with Crippen molar-refractivity contribution in [1.82, 2.24) is 4.98 Å². The Bertz CT molecular complexity index is 1050. The molecule has 3 aromatic rings. The zero-order chi connectivity index (χ0) is 19.7. The van der Waals surface area contributed by atoms with Crippen molar-refractivity contribution in [2.45, 2.75) is 44.6 Å². The fourth-order valence-corrected chi connectivity index (χ4v) is 3.57. The fourth-order valence-electron chi connectivity index (χ4n) is 3.57. The zero-order valence-corrected chi connectivity index (χ0v) is 16.0. The van der Waals surface area contributed by atoms with Gasteiger partial charge >= 0.3 is 5.91 Å². The Kier molecular flexibility index (Phi) is 4.67. The largest absolute Gasteiger partial charge is 0.477 e. The van der Waals surface area contributed by atoms with E-state index in [1.807, 2.05) is 0 Å². The first kappa shape index (κ1) is 18.3. The van der Waals surface area contributed by atoms with Gasteiger partial charge in [-0.2, -0.15) is 0 Å². The van der Waals surface area contributed by atoms with Crippen LogP contribution in [-0.2, 0) is 11.2 Å². The Morgan fingerprint density at radius 1 is 1.11 bits per heavy atom. The minimum Gasteiger partial charge on any atom is -0.477 e. The normalized spacial score (nSPS) is 14.1. The third-order valence-electron chi connectivity index (χ3n) is 5.27. The Hall–Kier alpha value is -3.08. The molecular formula is C23H22N2O3. The minimum absolute atomic E-state index is 0.535. The molecule has 1 amide bonds. The van der Waals surface area contributed by atoms with Crippen LogP contribution in [0.15, 0.2) is 60.0 Å². The number of benzene rings is 2. The Labute approximate surface area is 163 Å². The molecule has 0 saturated heterocycles. The maximum atomic E-state index is 11.8. The molecular weight excluding hydrogens is 352 g/mol. The second kappa shape index (κ2) is 7.15. The van der Waals surface area contributed by atoms with Crippen molar-refractivity contribution < 1.29 is 9.53 Å². The smallest absolute Gasteiger partial charge is 0.328 e. The van der Waals surface area contributed by atoms with Crippen LogP contribution in [0.5, 0.6) is 5.75 Å². The van der Waals surface area contributed by atoms with Gasteiger partial charge in [0.05, 0.1) is 0 Å². The van der Waals surface area contributed by atoms with Gasteiger partial charge in [0.25, 0.3) is 0 Å². The summed E-state index contributed by atoms with van der Waals surface area (Å²) in [5, 5.41) is 5.04. The van der Waals surface area contributed by atoms with Crippen LogP contribution in [0, 0.1) is 4.91 Å². The van der Waals surface area contributed by atoms with Gasteiger partial charge in [-0.25, -0.2) is 0 Å². The lowest BCUT2D eigenvalue weighted by molar-refractivity contribution is -0.130. The number of amides is 1. The van der Waals surface area contributed by atoms with E-state index in [1.54, 1.807) is 32.3 Å². The topological polar surface area (TPSA) is 68.6 Å². The van der Waals surface area contributed by atoms with E-state index in [0.717, 1.165) is 5.56 Å². The molecule has 1 heterocycles. The van der Waals surface area contributed by atoms with Crippen molar-refractivity contribution in [3.63, 3.8) is 0 Å². The van der Waals surface area contributed by atoms with E-state index in [1.165, 1.54) is 34.7 Å². The van der Waals surface area contributed by atoms with Crippen LogP contribution in [-0.4, -0.2) is 16.5 Å². The maximum absolute atomic E-state index is 11.8. The third kappa shape index (κ3) is 3.52. The van der Waals surface area contributed by atoms with E-state index in [4.69, 9.17) is 4.74 Å². The van der Waals surface area contributed by atoms with Gasteiger partial charge in [-0.1, -0.05) is 36.4 Å². The number of ether oxygens (including phenoxy) is 1. The highest BCUT2D eigenvalue weighted by molar-refractivity contribution is 5.90. The summed E-state index contributed by atoms with van der Waals surface area (Å²) in [6.07, 6.45) is 6.50. The fraction of sp³-hybridized carbons (Fsp3) is 0.304. The van der Waals surface area contributed by atoms with E-state index in [0.29, 0.717) is 18.1 Å². The van der Waals surface area contributed by atoms with E-state index >= 15 is 0 Å². The number of nitroso groups, excluding NO2 is 1. The predicted molar refractivity (Wildman–Crippen MR) is 108 cm³/mol. The summed E-state index contributed by atoms with van der Waals surface area (Å²) >= 11 is 0. The van der Waals surface area contributed by atoms with Crippen molar-refractivity contribution in [3.05, 3.63) is 76.5 Å². The second-order valence-corrected chi connectivity index (χ2v) is 7.80. The summed E-state index contributed by atoms with van der Waals surface area (Å²) in [5.74, 6) is 0.376. The van der Waals surface area contributed by atoms with Crippen molar-refractivity contribution in [3.8, 4) is 5.75 Å². The van der Waals surface area contributed by atoms with Crippen molar-refractivity contribution >= 4 is 16.7 Å². The monoisotopic (exact) mass is 374 g/mol. The number of rotatable bonds is 6. The molecule has 5 heteroatoms. The van der Waals surface area contributed by atoms with Gasteiger partial charge in [-0.15, -0.1) is 4.91 Å². The lowest BCUT2D eigenvalue weighted by Crippen LogP contribution is -2.37. The molecule has 0 spiro atoms. The standard InChI is InChI=1S/C23H22N2O3/c1-23(2,22(26)25-27)28-21-11-12-24-14-17(21)13-16-9-10-19(15-7-8-15)20-6-4-3-5-18(16)20/h3-6,9-12,14-15H,7-8,13H2,1-2H3. The predicted octanol–water partition coefficient (Wildman–Crippen LogP) is 5.15. The van der Waals surface area contributed by atoms with Crippen molar-refractivity contribution in [1.29, 1.82) is 0 Å². The number of nitrogens with zero attached hydrogens (tertiary/aromatic N) is 2. The number of carbonyl (C=O) groups is 1. The highest BCUT2D eigenvalue weighted by Gasteiger charge is 2.32. The summed E-state index contributed by atoms with van der Waals surface area (Å²) < 4.78 is 5.86. The Morgan fingerprint density at radius 2 is 1.86 bits per heavy atom. The van der Waals surface area contributed by atoms with Crippen molar-refractivity contribution in [2.24, 2.45) is 5.18 Å². The third-order valence-corrected chi connectivity index (χ3v) is 5.27. The van der Waals surface area contributed by atoms with Crippen LogP contribution in [0.2, 0.25) is 0 Å². The summed E-state index contributed by atoms with van der Waals surface area (Å²) in [4.78, 5) is 26.7. The van der Waals surface area contributed by atoms with Gasteiger partial charge in [0.2, 0.25) is 0 Å². The van der Waals surface area contributed by atoms with Gasteiger partial charge in [-0.3, -0.25) is 9.78 Å². The number of fused-ring (bicyclic) bond motifs is 1. The highest BCUT2D eigenvalue weighted by Crippen LogP contribution is 2.44. The summed E-state index contributed by atoms with van der Waals surface area (Å²) in [6, 6.07) is 14.6. The molecule has 1 aliphatic carbocycles. The molecule has 1 aromatic heterocycles. The number of carbonyl (C=O) groups excluding carboxylic acids is 1. The minimum atomic E-state index is -1.32. The molecule has 1 aliphatic rings. The number of aromatic nitrogens is 1. The molecule has 1 fully saturated rings. The van der Waals surface area contributed by atoms with Crippen LogP contribution in [0.1, 0.15) is 49.3 Å². The Morgan fingerprint density at radius 3 is 2.57 bits per heavy atom. The van der Waals surface area contributed by atoms with Gasteiger partial charge in [0.15, 0.2) is 5.60 Å². The van der Waals surface area contributed by atoms with Crippen LogP contribution in [0.25, 0.3) is 10.8 Å². The van der Waals surface area contributed by atoms with Crippen molar-refractivity contribution in [2.75, 3.05) is 0 Å². The lowest BCUT2D eigenvalue weighted by Gasteiger charge is -2.23. The van der Waals surface area contributed by atoms with Crippen LogP contribution in [0.3, 0.4) is 0 Å². The summed E-state index contributed by atoms with van der Waals surface area (Å²) in [5.41, 5.74) is 2.13. The molecule has 0 N–H and O–H groups in total. The molecule has 2 aromatic carbocycles. The van der Waals surface area contributed by atoms with E-state index in [-0.39, 0.29) is 0 Å². The van der Waals surface area contributed by atoms with E-state index in [9.17, 15) is 9.70 Å². The Balaban J connectivity index is 1.70. The SMILES string of the molecule is CC(C)(Oc1ccncc1Cc1ccc(C2CC2)c2ccccc12)C(=O)N=O. The molecule has 0 atom stereocenters. The van der Waals surface area contributed by atoms with E-state index in [2.05, 4.69) is 46.6 Å². The van der Waals surface area contributed by atoms with Gasteiger partial charge in [-0.05, 0) is 60.6 Å². The first-order valence-corrected chi connectivity index (χ1v) is 9.50.